The third-order valence-electron chi connectivity index (χ3n) is 4.51. The highest BCUT2D eigenvalue weighted by Crippen LogP contribution is 2.34. The molecule has 3 rings (SSSR count). The smallest absolute Gasteiger partial charge is 0.141 e. The molecular weight excluding hydrogens is 296 g/mol. The van der Waals surface area contributed by atoms with Crippen molar-refractivity contribution >= 4 is 27.4 Å². The monoisotopic (exact) mass is 320 g/mol. The summed E-state index contributed by atoms with van der Waals surface area (Å²) in [5, 5.41) is 10.8. The van der Waals surface area contributed by atoms with Crippen LogP contribution in [0.15, 0.2) is 6.33 Å². The summed E-state index contributed by atoms with van der Waals surface area (Å²) in [5.41, 5.74) is 1.30. The van der Waals surface area contributed by atoms with Crippen LogP contribution in [0, 0.1) is 13.8 Å². The molecule has 0 aliphatic carbocycles. The molecule has 6 heteroatoms. The van der Waals surface area contributed by atoms with Crippen molar-refractivity contribution in [1.82, 2.24) is 14.9 Å². The molecular formula is C16H24N4OS. The van der Waals surface area contributed by atoms with Gasteiger partial charge in [0, 0.05) is 37.1 Å². The summed E-state index contributed by atoms with van der Waals surface area (Å²) in [6, 6.07) is 0.411. The van der Waals surface area contributed by atoms with Crippen LogP contribution in [0.5, 0.6) is 0 Å². The maximum Gasteiger partial charge on any atom is 0.141 e. The molecule has 0 radical (unpaired) electrons. The van der Waals surface area contributed by atoms with E-state index in [1.54, 1.807) is 17.7 Å². The maximum absolute atomic E-state index is 9.61. The molecule has 1 aliphatic heterocycles. The van der Waals surface area contributed by atoms with Crippen LogP contribution in [0.3, 0.4) is 0 Å². The van der Waals surface area contributed by atoms with E-state index in [2.05, 4.69) is 40.5 Å². The van der Waals surface area contributed by atoms with Crippen LogP contribution in [0.4, 0.5) is 5.82 Å². The molecule has 1 saturated heterocycles. The molecule has 1 N–H and O–H groups in total. The van der Waals surface area contributed by atoms with Crippen molar-refractivity contribution in [2.24, 2.45) is 0 Å². The number of hydrogen-bond acceptors (Lipinski definition) is 6. The highest BCUT2D eigenvalue weighted by Gasteiger charge is 2.27. The van der Waals surface area contributed by atoms with Crippen LogP contribution in [0.2, 0.25) is 0 Å². The van der Waals surface area contributed by atoms with Gasteiger partial charge in [-0.2, -0.15) is 0 Å². The van der Waals surface area contributed by atoms with Gasteiger partial charge >= 0.3 is 0 Å². The van der Waals surface area contributed by atoms with E-state index in [0.29, 0.717) is 6.04 Å². The largest absolute Gasteiger partial charge is 0.392 e. The van der Waals surface area contributed by atoms with E-state index < -0.39 is 0 Å². The average molecular weight is 320 g/mol. The Morgan fingerprint density at radius 3 is 2.82 bits per heavy atom. The van der Waals surface area contributed by atoms with E-state index >= 15 is 0 Å². The second-order valence-electron chi connectivity index (χ2n) is 6.30. The van der Waals surface area contributed by atoms with Gasteiger partial charge in [-0.25, -0.2) is 9.97 Å². The molecule has 0 unspecified atom stereocenters. The van der Waals surface area contributed by atoms with Gasteiger partial charge in [-0.05, 0) is 33.3 Å². The van der Waals surface area contributed by atoms with E-state index in [1.165, 1.54) is 15.8 Å². The van der Waals surface area contributed by atoms with Gasteiger partial charge in [0.15, 0.2) is 0 Å². The third kappa shape index (κ3) is 2.83. The standard InChI is InChI=1S/C16H24N4OS/c1-10-7-20(6-5-19(10)8-11(2)21)15-14-12(3)13(4)22-16(14)18-9-17-15/h9-11,21H,5-8H2,1-4H3/t10-,11-/m0/s1. The van der Waals surface area contributed by atoms with Gasteiger partial charge < -0.3 is 10.0 Å². The lowest BCUT2D eigenvalue weighted by molar-refractivity contribution is 0.0959. The molecule has 2 aromatic heterocycles. The number of aliphatic hydroxyl groups excluding tert-OH is 1. The van der Waals surface area contributed by atoms with Crippen molar-refractivity contribution in [2.75, 3.05) is 31.1 Å². The summed E-state index contributed by atoms with van der Waals surface area (Å²) in [4.78, 5) is 16.1. The fourth-order valence-electron chi connectivity index (χ4n) is 3.20. The number of rotatable bonds is 3. The van der Waals surface area contributed by atoms with Crippen LogP contribution in [-0.2, 0) is 0 Å². The van der Waals surface area contributed by atoms with Crippen LogP contribution in [-0.4, -0.2) is 58.3 Å². The third-order valence-corrected chi connectivity index (χ3v) is 5.62. The summed E-state index contributed by atoms with van der Waals surface area (Å²) in [6.45, 7) is 12.0. The normalized spacial score (nSPS) is 21.5. The van der Waals surface area contributed by atoms with Crippen LogP contribution in [0.1, 0.15) is 24.3 Å². The number of aromatic nitrogens is 2. The Morgan fingerprint density at radius 2 is 2.14 bits per heavy atom. The minimum atomic E-state index is -0.276. The number of aryl methyl sites for hydroxylation is 2. The zero-order chi connectivity index (χ0) is 15.9. The zero-order valence-electron chi connectivity index (χ0n) is 13.7. The van der Waals surface area contributed by atoms with Gasteiger partial charge in [-0.15, -0.1) is 11.3 Å². The van der Waals surface area contributed by atoms with E-state index in [0.717, 1.165) is 36.8 Å². The molecule has 0 saturated carbocycles. The summed E-state index contributed by atoms with van der Waals surface area (Å²) in [7, 11) is 0. The fourth-order valence-corrected chi connectivity index (χ4v) is 4.19. The van der Waals surface area contributed by atoms with E-state index in [4.69, 9.17) is 0 Å². The minimum absolute atomic E-state index is 0.276. The van der Waals surface area contributed by atoms with E-state index in [1.807, 2.05) is 6.92 Å². The van der Waals surface area contributed by atoms with Gasteiger partial charge in [-0.1, -0.05) is 0 Å². The lowest BCUT2D eigenvalue weighted by Crippen LogP contribution is -2.53. The first kappa shape index (κ1) is 15.6. The Morgan fingerprint density at radius 1 is 1.36 bits per heavy atom. The van der Waals surface area contributed by atoms with Gasteiger partial charge in [0.05, 0.1) is 11.5 Å². The number of aliphatic hydroxyl groups is 1. The van der Waals surface area contributed by atoms with Crippen molar-refractivity contribution in [1.29, 1.82) is 0 Å². The molecule has 2 aromatic rings. The second-order valence-corrected chi connectivity index (χ2v) is 7.50. The molecule has 1 fully saturated rings. The predicted octanol–water partition coefficient (Wildman–Crippen LogP) is 2.20. The Kier molecular flexibility index (Phi) is 4.34. The number of hydrogen-bond donors (Lipinski definition) is 1. The average Bonchev–Trinajstić information content (AvgIpc) is 2.76. The molecule has 0 aromatic carbocycles. The van der Waals surface area contributed by atoms with Gasteiger partial charge in [0.25, 0.3) is 0 Å². The number of piperazine rings is 1. The summed E-state index contributed by atoms with van der Waals surface area (Å²) in [5.74, 6) is 1.07. The molecule has 120 valence electrons. The molecule has 0 amide bonds. The Labute approximate surface area is 135 Å². The Bertz CT molecular complexity index is 669. The number of anilines is 1. The highest BCUT2D eigenvalue weighted by molar-refractivity contribution is 7.18. The summed E-state index contributed by atoms with van der Waals surface area (Å²) >= 11 is 1.75. The topological polar surface area (TPSA) is 52.5 Å². The number of β-amino-alcohol motifs (C(OH)–C–C–N with tert-alkyl or cyclic N) is 1. The highest BCUT2D eigenvalue weighted by atomic mass is 32.1. The lowest BCUT2D eigenvalue weighted by Gasteiger charge is -2.41. The zero-order valence-corrected chi connectivity index (χ0v) is 14.5. The van der Waals surface area contributed by atoms with Crippen molar-refractivity contribution in [2.45, 2.75) is 39.8 Å². The van der Waals surface area contributed by atoms with Gasteiger partial charge in [0.2, 0.25) is 0 Å². The van der Waals surface area contributed by atoms with Crippen LogP contribution in [0.25, 0.3) is 10.2 Å². The molecule has 3 heterocycles. The molecule has 22 heavy (non-hydrogen) atoms. The second kappa shape index (κ2) is 6.10. The van der Waals surface area contributed by atoms with Crippen molar-refractivity contribution in [3.63, 3.8) is 0 Å². The first-order valence-electron chi connectivity index (χ1n) is 7.85. The lowest BCUT2D eigenvalue weighted by atomic mass is 10.1. The van der Waals surface area contributed by atoms with Crippen molar-refractivity contribution in [3.8, 4) is 0 Å². The summed E-state index contributed by atoms with van der Waals surface area (Å²) in [6.07, 6.45) is 1.40. The van der Waals surface area contributed by atoms with Crippen molar-refractivity contribution < 1.29 is 5.11 Å². The SMILES string of the molecule is Cc1sc2ncnc(N3CCN(C[C@H](C)O)[C@@H](C)C3)c2c1C. The first-order chi connectivity index (χ1) is 10.5. The van der Waals surface area contributed by atoms with E-state index in [9.17, 15) is 5.11 Å². The molecule has 1 aliphatic rings. The van der Waals surface area contributed by atoms with E-state index in [-0.39, 0.29) is 6.10 Å². The first-order valence-corrected chi connectivity index (χ1v) is 8.66. The molecule has 5 nitrogen and oxygen atoms in total. The van der Waals surface area contributed by atoms with Crippen LogP contribution < -0.4 is 4.90 Å². The molecule has 0 spiro atoms. The van der Waals surface area contributed by atoms with Gasteiger partial charge in [-0.3, -0.25) is 4.90 Å². The summed E-state index contributed by atoms with van der Waals surface area (Å²) < 4.78 is 0. The molecule has 2 atom stereocenters. The Hall–Kier alpha value is -1.24. The van der Waals surface area contributed by atoms with Crippen LogP contribution >= 0.6 is 11.3 Å². The van der Waals surface area contributed by atoms with Gasteiger partial charge in [0.1, 0.15) is 17.0 Å². The van der Waals surface area contributed by atoms with Crippen molar-refractivity contribution in [3.05, 3.63) is 16.8 Å². The number of thiophene rings is 1. The fraction of sp³-hybridized carbons (Fsp3) is 0.625. The minimum Gasteiger partial charge on any atom is -0.392 e. The number of fused-ring (bicyclic) bond motifs is 1. The Balaban J connectivity index is 1.87. The molecule has 0 bridgehead atoms. The quantitative estimate of drug-likeness (QED) is 0.939. The number of nitrogens with zero attached hydrogens (tertiary/aromatic N) is 4. The predicted molar refractivity (Wildman–Crippen MR) is 91.8 cm³/mol. The maximum atomic E-state index is 9.61.